The van der Waals surface area contributed by atoms with E-state index in [-0.39, 0.29) is 71.5 Å². The van der Waals surface area contributed by atoms with Crippen LogP contribution in [0, 0.1) is 106 Å². The second-order valence-corrected chi connectivity index (χ2v) is 22.9. The summed E-state index contributed by atoms with van der Waals surface area (Å²) < 4.78 is 11.1. The van der Waals surface area contributed by atoms with E-state index in [2.05, 4.69) is 194 Å². The van der Waals surface area contributed by atoms with Crippen LogP contribution in [-0.2, 0) is 74.9 Å². The molecular formula is C76H160N2O2Y2. The Hall–Kier alpha value is 0.688. The van der Waals surface area contributed by atoms with E-state index in [0.29, 0.717) is 42.4 Å². The fourth-order valence-corrected chi connectivity index (χ4v) is 7.26. The zero-order chi connectivity index (χ0) is 65.7. The van der Waals surface area contributed by atoms with E-state index in [0.717, 1.165) is 73.1 Å². The van der Waals surface area contributed by atoms with E-state index < -0.39 is 0 Å². The Morgan fingerprint density at radius 2 is 0.805 bits per heavy atom. The van der Waals surface area contributed by atoms with Crippen LogP contribution in [0.3, 0.4) is 0 Å². The van der Waals surface area contributed by atoms with Crippen molar-refractivity contribution in [1.29, 1.82) is 0 Å². The molecule has 0 N–H and O–H groups in total. The summed E-state index contributed by atoms with van der Waals surface area (Å²) in [5.41, 5.74) is 4.98. The Morgan fingerprint density at radius 1 is 0.488 bits per heavy atom. The van der Waals surface area contributed by atoms with Crippen molar-refractivity contribution < 1.29 is 74.9 Å². The smallest absolute Gasteiger partial charge is 0.491 e. The van der Waals surface area contributed by atoms with Gasteiger partial charge < -0.3 is 55.9 Å². The van der Waals surface area contributed by atoms with E-state index in [9.17, 15) is 0 Å². The second-order valence-electron chi connectivity index (χ2n) is 22.9. The summed E-state index contributed by atoms with van der Waals surface area (Å²) in [4.78, 5) is 5.04. The molecule has 82 heavy (non-hydrogen) atoms. The summed E-state index contributed by atoms with van der Waals surface area (Å²) in [6.07, 6.45) is 22.0. The fraction of sp³-hybridized carbons (Fsp3) is 0.816. The van der Waals surface area contributed by atoms with Crippen LogP contribution in [0.25, 0.3) is 0 Å². The molecule has 0 aromatic heterocycles. The molecule has 0 saturated heterocycles. The molecule has 4 aliphatic rings. The molecule has 3 aliphatic heterocycles. The predicted molar refractivity (Wildman–Crippen MR) is 379 cm³/mol. The average molecular weight is 1310 g/mol. The molecular weight excluding hydrogens is 1150 g/mol. The molecule has 4 rings (SSSR count). The Morgan fingerprint density at radius 3 is 0.951 bits per heavy atom. The minimum absolute atomic E-state index is 0. The van der Waals surface area contributed by atoms with Gasteiger partial charge in [0.2, 0.25) is 0 Å². The minimum atomic E-state index is 0. The first-order chi connectivity index (χ1) is 37.6. The zero-order valence-corrected chi connectivity index (χ0v) is 69.4. The van der Waals surface area contributed by atoms with Gasteiger partial charge in [-0.2, -0.15) is 40.5 Å². The quantitative estimate of drug-likeness (QED) is 0.144. The molecule has 1 aliphatic carbocycles. The van der Waals surface area contributed by atoms with Gasteiger partial charge in [0.05, 0.1) is 0 Å². The predicted octanol–water partition coefficient (Wildman–Crippen LogP) is 25.2. The van der Waals surface area contributed by atoms with E-state index in [1.54, 1.807) is 23.0 Å². The Labute approximate surface area is 577 Å². The maximum atomic E-state index is 5.55. The van der Waals surface area contributed by atoms with Crippen molar-refractivity contribution in [2.24, 2.45) is 65.1 Å². The second kappa shape index (κ2) is 81.7. The van der Waals surface area contributed by atoms with Crippen LogP contribution in [0.15, 0.2) is 47.0 Å². The molecule has 0 aromatic rings. The van der Waals surface area contributed by atoms with Gasteiger partial charge in [-0.05, 0) is 101 Å². The van der Waals surface area contributed by atoms with Crippen molar-refractivity contribution in [1.82, 2.24) is 9.80 Å². The monoisotopic (exact) mass is 1310 g/mol. The van der Waals surface area contributed by atoms with Crippen LogP contribution in [-0.4, -0.2) is 60.8 Å². The molecule has 2 unspecified atom stereocenters. The van der Waals surface area contributed by atoms with Gasteiger partial charge >= 0.3 is 65.4 Å². The third-order valence-corrected chi connectivity index (χ3v) is 13.4. The Kier molecular flexibility index (Phi) is 110. The normalized spacial score (nSPS) is 15.8. The number of rotatable bonds is 12. The summed E-state index contributed by atoms with van der Waals surface area (Å²) >= 11 is 0. The maximum Gasteiger partial charge on any atom is 3.00 e. The van der Waals surface area contributed by atoms with Gasteiger partial charge in [0.1, 0.15) is 24.7 Å². The topological polar surface area (TPSA) is 24.9 Å². The van der Waals surface area contributed by atoms with Crippen LogP contribution >= 0.6 is 0 Å². The first-order valence-electron chi connectivity index (χ1n) is 33.9. The number of nitrogens with zero attached hydrogens (tertiary/aromatic N) is 2. The molecule has 3 heterocycles. The molecule has 0 saturated carbocycles. The van der Waals surface area contributed by atoms with Crippen LogP contribution in [0.2, 0.25) is 0 Å². The SMILES string of the molecule is CC.CC.CC.CC.CC.CC.CC(C)C1=CCC(C(C)C)CC1.CC(C)C1=CCN(C(C)C)CC1.CC(C)C1=CCN(C(C)C)CC1.CC(C)C1=COC(C(C)C)CO1.C[CH-]C.C[CH-]C.[CH2-]C([CH2-])C(C)C.[CH2-]CC(C[CH2-])C(C)C.[Y+3].[Y+3]. The van der Waals surface area contributed by atoms with Crippen molar-refractivity contribution in [3.63, 3.8) is 0 Å². The maximum absolute atomic E-state index is 5.55. The van der Waals surface area contributed by atoms with Crippen molar-refractivity contribution in [3.05, 3.63) is 87.5 Å². The first-order valence-corrected chi connectivity index (χ1v) is 33.9. The third kappa shape index (κ3) is 71.4. The van der Waals surface area contributed by atoms with Crippen LogP contribution in [0.4, 0.5) is 0 Å². The molecule has 0 fully saturated rings. The molecule has 2 atom stereocenters. The molecule has 0 spiro atoms. The van der Waals surface area contributed by atoms with Crippen molar-refractivity contribution >= 4 is 0 Å². The Bertz CT molecular complexity index is 1090. The molecule has 0 amide bonds. The average Bonchev–Trinajstić information content (AvgIpc) is 3.45. The standard InChI is InChI=1S/C12H22.2C11H21N.C10H18O2.C8H16.C6H12.2C3H7.6C2H6.2Y/c3*1-9(2)11-5-7-12(8-6-11)10(3)4;1-7(2)9-5-12-10(6-11-9)8(3)4;1-5-8(6-2)7(3)4;1-5(2)6(3)4;2*1-3-2;6*1-2;;/h5,9-10,12H,6-8H2,1-4H3;2*5,9-10H,6-8H2,1-4H3;5,7-8,10H,6H2,1-4H3;7-8H,1-2,5-6H2,3-4H3;5-6H,1-2H2,3-4H3;2*3H,1-2H3;6*1-2H3;;/q;;;;2*-2;2*-1;;;;;;;2*+3. The van der Waals surface area contributed by atoms with E-state index in [4.69, 9.17) is 9.47 Å². The van der Waals surface area contributed by atoms with E-state index in [1.165, 1.54) is 45.2 Å². The number of allylic oxidation sites excluding steroid dienone is 3. The number of hydrogen-bond acceptors (Lipinski definition) is 4. The van der Waals surface area contributed by atoms with Gasteiger partial charge in [0.15, 0.2) is 0 Å². The summed E-state index contributed by atoms with van der Waals surface area (Å²) in [7, 11) is 0. The van der Waals surface area contributed by atoms with Gasteiger partial charge in [-0.1, -0.05) is 241 Å². The number of hydrogen-bond donors (Lipinski definition) is 0. The van der Waals surface area contributed by atoms with Gasteiger partial charge in [-0.15, -0.1) is 0 Å². The molecule has 6 heteroatoms. The van der Waals surface area contributed by atoms with Crippen molar-refractivity contribution in [2.75, 3.05) is 32.8 Å². The molecule has 0 radical (unpaired) electrons. The van der Waals surface area contributed by atoms with Crippen LogP contribution in [0.1, 0.15) is 294 Å². The summed E-state index contributed by atoms with van der Waals surface area (Å²) in [5, 5.41) is 0. The first kappa shape index (κ1) is 110. The van der Waals surface area contributed by atoms with Gasteiger partial charge in [-0.3, -0.25) is 9.80 Å². The molecule has 0 aromatic carbocycles. The van der Waals surface area contributed by atoms with Crippen LogP contribution in [0.5, 0.6) is 0 Å². The van der Waals surface area contributed by atoms with E-state index in [1.807, 2.05) is 124 Å². The molecule has 0 bridgehead atoms. The zero-order valence-electron chi connectivity index (χ0n) is 63.7. The largest absolute Gasteiger partial charge is 3.00 e. The van der Waals surface area contributed by atoms with Gasteiger partial charge in [0.25, 0.3) is 0 Å². The third-order valence-electron chi connectivity index (χ3n) is 13.4. The summed E-state index contributed by atoms with van der Waals surface area (Å²) in [5.74, 6) is 8.48. The van der Waals surface area contributed by atoms with E-state index >= 15 is 0 Å². The van der Waals surface area contributed by atoms with Gasteiger partial charge in [0, 0.05) is 44.2 Å². The minimum Gasteiger partial charge on any atom is -0.491 e. The van der Waals surface area contributed by atoms with Gasteiger partial charge in [-0.25, -0.2) is 0 Å². The van der Waals surface area contributed by atoms with Crippen LogP contribution < -0.4 is 0 Å². The summed E-state index contributed by atoms with van der Waals surface area (Å²) in [6, 6.07) is 1.41. The fourth-order valence-electron chi connectivity index (χ4n) is 7.26. The number of ether oxygens (including phenoxy) is 2. The molecule has 492 valence electrons. The Balaban J connectivity index is -0.0000000680. The van der Waals surface area contributed by atoms with Crippen molar-refractivity contribution in [3.8, 4) is 0 Å². The molecule has 4 nitrogen and oxygen atoms in total. The van der Waals surface area contributed by atoms with Crippen molar-refractivity contribution in [2.45, 2.75) is 312 Å². The summed E-state index contributed by atoms with van der Waals surface area (Å²) in [6.45, 7) is 97.4.